The highest BCUT2D eigenvalue weighted by molar-refractivity contribution is 5.88. The molecule has 0 saturated carbocycles. The molecule has 2 amide bonds. The molecule has 1 atom stereocenters. The molecule has 0 aliphatic rings. The van der Waals surface area contributed by atoms with E-state index in [1.807, 2.05) is 52.8 Å². The molecule has 0 heterocycles. The zero-order valence-corrected chi connectivity index (χ0v) is 18.6. The highest BCUT2D eigenvalue weighted by Crippen LogP contribution is 2.20. The van der Waals surface area contributed by atoms with Crippen molar-refractivity contribution in [3.63, 3.8) is 0 Å². The molecule has 1 unspecified atom stereocenters. The van der Waals surface area contributed by atoms with Gasteiger partial charge in [0.2, 0.25) is 5.91 Å². The fraction of sp³-hybridized carbons (Fsp3) is 0.417. The zero-order chi connectivity index (χ0) is 22.5. The lowest BCUT2D eigenvalue weighted by Crippen LogP contribution is -2.53. The largest absolute Gasteiger partial charge is 0.483 e. The van der Waals surface area contributed by atoms with Gasteiger partial charge in [0.1, 0.15) is 17.6 Å². The van der Waals surface area contributed by atoms with Gasteiger partial charge in [0.15, 0.2) is 6.61 Å². The number of hydrogen-bond donors (Lipinski definition) is 1. The van der Waals surface area contributed by atoms with E-state index in [-0.39, 0.29) is 30.8 Å². The van der Waals surface area contributed by atoms with Crippen molar-refractivity contribution in [3.05, 3.63) is 65.0 Å². The molecule has 1 N–H and O–H groups in total. The minimum atomic E-state index is -0.719. The van der Waals surface area contributed by atoms with Crippen LogP contribution in [0.4, 0.5) is 4.39 Å². The van der Waals surface area contributed by atoms with Crippen molar-refractivity contribution in [2.75, 3.05) is 6.61 Å². The van der Waals surface area contributed by atoms with Gasteiger partial charge in [0.25, 0.3) is 5.91 Å². The van der Waals surface area contributed by atoms with Crippen LogP contribution in [-0.2, 0) is 16.1 Å². The molecule has 0 aliphatic carbocycles. The van der Waals surface area contributed by atoms with Crippen LogP contribution in [0.3, 0.4) is 0 Å². The molecular weight excluding hydrogens is 383 g/mol. The fourth-order valence-electron chi connectivity index (χ4n) is 2.93. The molecule has 0 fully saturated rings. The molecular formula is C24H31FN2O3. The second-order valence-corrected chi connectivity index (χ2v) is 8.62. The van der Waals surface area contributed by atoms with Gasteiger partial charge in [-0.15, -0.1) is 0 Å². The van der Waals surface area contributed by atoms with E-state index in [1.54, 1.807) is 19.1 Å². The number of aryl methyl sites for hydroxylation is 2. The van der Waals surface area contributed by atoms with Crippen molar-refractivity contribution < 1.29 is 18.7 Å². The van der Waals surface area contributed by atoms with Crippen LogP contribution in [0.25, 0.3) is 0 Å². The third-order valence-electron chi connectivity index (χ3n) is 4.63. The van der Waals surface area contributed by atoms with Crippen LogP contribution in [0, 0.1) is 19.7 Å². The van der Waals surface area contributed by atoms with Crippen molar-refractivity contribution in [2.45, 2.75) is 59.7 Å². The van der Waals surface area contributed by atoms with Crippen LogP contribution in [0.1, 0.15) is 44.4 Å². The van der Waals surface area contributed by atoms with Crippen molar-refractivity contribution in [3.8, 4) is 5.75 Å². The van der Waals surface area contributed by atoms with E-state index in [4.69, 9.17) is 4.74 Å². The molecule has 2 aromatic rings. The molecule has 30 heavy (non-hydrogen) atoms. The van der Waals surface area contributed by atoms with Crippen molar-refractivity contribution in [1.82, 2.24) is 10.2 Å². The first-order valence-corrected chi connectivity index (χ1v) is 10.0. The molecule has 0 spiro atoms. The Morgan fingerprint density at radius 2 is 1.73 bits per heavy atom. The average molecular weight is 415 g/mol. The summed E-state index contributed by atoms with van der Waals surface area (Å²) in [6, 6.07) is 11.0. The number of carbonyl (C=O) groups excluding carboxylic acids is 2. The molecule has 5 nitrogen and oxygen atoms in total. The molecule has 0 bridgehead atoms. The summed E-state index contributed by atoms with van der Waals surface area (Å²) in [4.78, 5) is 27.2. The zero-order valence-electron chi connectivity index (χ0n) is 18.6. The van der Waals surface area contributed by atoms with Crippen LogP contribution in [0.15, 0.2) is 42.5 Å². The number of hydrogen-bond acceptors (Lipinski definition) is 3. The van der Waals surface area contributed by atoms with E-state index >= 15 is 0 Å². The van der Waals surface area contributed by atoms with Crippen molar-refractivity contribution in [1.29, 1.82) is 0 Å². The Hall–Kier alpha value is -2.89. The van der Waals surface area contributed by atoms with Gasteiger partial charge in [-0.25, -0.2) is 4.39 Å². The molecule has 162 valence electrons. The first-order valence-electron chi connectivity index (χ1n) is 10.0. The SMILES string of the molecule is Cc1ccc(C)c(OCC(=O)N(Cc2ccc(F)cc2)C(C)C(=O)NC(C)(C)C)c1. The predicted octanol–water partition coefficient (Wildman–Crippen LogP) is 4.15. The summed E-state index contributed by atoms with van der Waals surface area (Å²) in [6.45, 7) is 11.2. The Labute approximate surface area is 178 Å². The monoisotopic (exact) mass is 414 g/mol. The number of benzene rings is 2. The van der Waals surface area contributed by atoms with Gasteiger partial charge in [0.05, 0.1) is 0 Å². The topological polar surface area (TPSA) is 58.6 Å². The van der Waals surface area contributed by atoms with Crippen LogP contribution < -0.4 is 10.1 Å². The van der Waals surface area contributed by atoms with E-state index in [2.05, 4.69) is 5.32 Å². The summed E-state index contributed by atoms with van der Waals surface area (Å²) in [7, 11) is 0. The minimum Gasteiger partial charge on any atom is -0.483 e. The van der Waals surface area contributed by atoms with Gasteiger partial charge in [-0.05, 0) is 76.4 Å². The lowest BCUT2D eigenvalue weighted by Gasteiger charge is -2.31. The third kappa shape index (κ3) is 6.87. The summed E-state index contributed by atoms with van der Waals surface area (Å²) < 4.78 is 19.0. The highest BCUT2D eigenvalue weighted by atomic mass is 19.1. The lowest BCUT2D eigenvalue weighted by molar-refractivity contribution is -0.142. The maximum absolute atomic E-state index is 13.3. The number of ether oxygens (including phenoxy) is 1. The van der Waals surface area contributed by atoms with Gasteiger partial charge >= 0.3 is 0 Å². The maximum Gasteiger partial charge on any atom is 0.261 e. The summed E-state index contributed by atoms with van der Waals surface area (Å²) in [5, 5.41) is 2.91. The number of rotatable bonds is 7. The quantitative estimate of drug-likeness (QED) is 0.740. The van der Waals surface area contributed by atoms with Gasteiger partial charge in [0, 0.05) is 12.1 Å². The Bertz CT molecular complexity index is 888. The summed E-state index contributed by atoms with van der Waals surface area (Å²) in [5.41, 5.74) is 2.26. The van der Waals surface area contributed by atoms with Crippen molar-refractivity contribution in [2.24, 2.45) is 0 Å². The van der Waals surface area contributed by atoms with Gasteiger partial charge in [-0.3, -0.25) is 9.59 Å². The Morgan fingerprint density at radius 1 is 1.10 bits per heavy atom. The summed E-state index contributed by atoms with van der Waals surface area (Å²) in [6.07, 6.45) is 0. The smallest absolute Gasteiger partial charge is 0.261 e. The van der Waals surface area contributed by atoms with Crippen LogP contribution >= 0.6 is 0 Å². The standard InChI is InChI=1S/C24H31FN2O3/c1-16-7-8-17(2)21(13-16)30-15-22(28)27(14-19-9-11-20(25)12-10-19)18(3)23(29)26-24(4,5)6/h7-13,18H,14-15H2,1-6H3,(H,26,29). The summed E-state index contributed by atoms with van der Waals surface area (Å²) >= 11 is 0. The van der Waals surface area contributed by atoms with Crippen LogP contribution in [0.5, 0.6) is 5.75 Å². The second kappa shape index (κ2) is 9.74. The first-order chi connectivity index (χ1) is 14.0. The van der Waals surface area contributed by atoms with Crippen molar-refractivity contribution >= 4 is 11.8 Å². The van der Waals surface area contributed by atoms with Crippen LogP contribution in [-0.4, -0.2) is 34.9 Å². The van der Waals surface area contributed by atoms with Crippen LogP contribution in [0.2, 0.25) is 0 Å². The molecule has 0 aliphatic heterocycles. The molecule has 0 saturated heterocycles. The normalized spacial score (nSPS) is 12.2. The van der Waals surface area contributed by atoms with Gasteiger partial charge in [-0.1, -0.05) is 24.3 Å². The molecule has 0 radical (unpaired) electrons. The second-order valence-electron chi connectivity index (χ2n) is 8.62. The first kappa shape index (κ1) is 23.4. The maximum atomic E-state index is 13.3. The number of amides is 2. The third-order valence-corrected chi connectivity index (χ3v) is 4.63. The molecule has 0 aromatic heterocycles. The van der Waals surface area contributed by atoms with Gasteiger partial charge in [-0.2, -0.15) is 0 Å². The predicted molar refractivity (Wildman–Crippen MR) is 116 cm³/mol. The van der Waals surface area contributed by atoms with E-state index in [0.717, 1.165) is 16.7 Å². The Morgan fingerprint density at radius 3 is 2.33 bits per heavy atom. The van der Waals surface area contributed by atoms with Gasteiger partial charge < -0.3 is 15.0 Å². The van der Waals surface area contributed by atoms with E-state index < -0.39 is 11.6 Å². The van der Waals surface area contributed by atoms with E-state index in [9.17, 15) is 14.0 Å². The number of carbonyl (C=O) groups is 2. The number of halogens is 1. The average Bonchev–Trinajstić information content (AvgIpc) is 2.66. The van der Waals surface area contributed by atoms with E-state index in [0.29, 0.717) is 5.75 Å². The molecule has 2 aromatic carbocycles. The van der Waals surface area contributed by atoms with E-state index in [1.165, 1.54) is 17.0 Å². The summed E-state index contributed by atoms with van der Waals surface area (Å²) in [5.74, 6) is -0.299. The lowest BCUT2D eigenvalue weighted by atomic mass is 10.1. The number of nitrogens with one attached hydrogen (secondary N) is 1. The Balaban J connectivity index is 2.20. The molecule has 6 heteroatoms. The minimum absolute atomic E-state index is 0.175. The highest BCUT2D eigenvalue weighted by Gasteiger charge is 2.28. The Kier molecular flexibility index (Phi) is 7.59. The molecule has 2 rings (SSSR count). The fourth-order valence-corrected chi connectivity index (χ4v) is 2.93. The number of nitrogens with zero attached hydrogens (tertiary/aromatic N) is 1.